The van der Waals surface area contributed by atoms with Crippen LogP contribution in [-0.4, -0.2) is 11.8 Å². The molecule has 0 bridgehead atoms. The van der Waals surface area contributed by atoms with Gasteiger partial charge in [-0.05, 0) is 33.6 Å². The topological polar surface area (TPSA) is 36.1 Å². The number of rotatable bonds is 5. The van der Waals surface area contributed by atoms with E-state index in [1.165, 1.54) is 0 Å². The average molecular weight is 208 g/mol. The predicted molar refractivity (Wildman–Crippen MR) is 66.1 cm³/mol. The van der Waals surface area contributed by atoms with Gasteiger partial charge in [0.25, 0.3) is 0 Å². The van der Waals surface area contributed by atoms with Gasteiger partial charge in [-0.2, -0.15) is 5.26 Å². The van der Waals surface area contributed by atoms with E-state index in [1.807, 2.05) is 0 Å². The minimum atomic E-state index is -0.0123. The van der Waals surface area contributed by atoms with Crippen molar-refractivity contribution in [3.8, 4) is 6.07 Å². The second-order valence-corrected chi connectivity index (χ2v) is 5.49. The molecule has 15 heavy (non-hydrogen) atoms. The summed E-state index contributed by atoms with van der Waals surface area (Å²) in [6.45, 7) is 10.7. The van der Waals surface area contributed by atoms with Gasteiger partial charge in [0.05, 0.1) is 11.6 Å². The quantitative estimate of drug-likeness (QED) is 0.630. The summed E-state index contributed by atoms with van der Waals surface area (Å²) < 4.78 is 0. The smallest absolute Gasteiger partial charge is 0.0622 e. The van der Waals surface area contributed by atoms with Gasteiger partial charge >= 0.3 is 0 Å². The molecule has 0 aliphatic carbocycles. The molecule has 0 amide bonds. The van der Waals surface area contributed by atoms with Crippen molar-refractivity contribution >= 4 is 6.21 Å². The Bertz CT molecular complexity index is 242. The fraction of sp³-hybridized carbons (Fsp3) is 0.846. The van der Waals surface area contributed by atoms with Crippen molar-refractivity contribution in [3.05, 3.63) is 0 Å². The molecule has 86 valence electrons. The fourth-order valence-electron chi connectivity index (χ4n) is 1.52. The minimum absolute atomic E-state index is 0.0123. The highest BCUT2D eigenvalue weighted by Crippen LogP contribution is 2.27. The van der Waals surface area contributed by atoms with Crippen LogP contribution < -0.4 is 0 Å². The van der Waals surface area contributed by atoms with Crippen molar-refractivity contribution in [2.24, 2.45) is 10.4 Å². The molecular weight excluding hydrogens is 184 g/mol. The van der Waals surface area contributed by atoms with Gasteiger partial charge < -0.3 is 0 Å². The Morgan fingerprint density at radius 2 is 1.80 bits per heavy atom. The Hall–Kier alpha value is -0.840. The maximum absolute atomic E-state index is 8.63. The van der Waals surface area contributed by atoms with Crippen LogP contribution >= 0.6 is 0 Å². The summed E-state index contributed by atoms with van der Waals surface area (Å²) >= 11 is 0. The second kappa shape index (κ2) is 5.90. The molecule has 1 atom stereocenters. The molecule has 1 unspecified atom stereocenters. The van der Waals surface area contributed by atoms with Gasteiger partial charge in [-0.25, -0.2) is 0 Å². The van der Waals surface area contributed by atoms with Crippen molar-refractivity contribution in [3.63, 3.8) is 0 Å². The monoisotopic (exact) mass is 208 g/mol. The van der Waals surface area contributed by atoms with Crippen molar-refractivity contribution in [2.75, 3.05) is 0 Å². The van der Waals surface area contributed by atoms with Crippen molar-refractivity contribution in [1.82, 2.24) is 0 Å². The number of hydrogen-bond acceptors (Lipinski definition) is 2. The third kappa shape index (κ3) is 7.13. The Labute approximate surface area is 94.4 Å². The zero-order valence-corrected chi connectivity index (χ0v) is 10.8. The van der Waals surface area contributed by atoms with Gasteiger partial charge in [-0.15, -0.1) is 0 Å². The maximum atomic E-state index is 8.63. The normalized spacial score (nSPS) is 16.3. The number of nitriles is 1. The summed E-state index contributed by atoms with van der Waals surface area (Å²) in [5.74, 6) is 0. The highest BCUT2D eigenvalue weighted by Gasteiger charge is 2.21. The van der Waals surface area contributed by atoms with Gasteiger partial charge in [0.15, 0.2) is 0 Å². The van der Waals surface area contributed by atoms with Crippen LogP contribution in [0.15, 0.2) is 4.99 Å². The lowest BCUT2D eigenvalue weighted by atomic mass is 9.82. The van der Waals surface area contributed by atoms with Crippen molar-refractivity contribution in [2.45, 2.75) is 65.8 Å². The Kier molecular flexibility index (Phi) is 5.57. The molecule has 0 aromatic carbocycles. The fourth-order valence-corrected chi connectivity index (χ4v) is 1.52. The lowest BCUT2D eigenvalue weighted by Crippen LogP contribution is -2.21. The SMILES string of the molecule is CCCC(C)(C=NC(C)(C)C)CCC#N. The summed E-state index contributed by atoms with van der Waals surface area (Å²) in [5.41, 5.74) is 0.0827. The van der Waals surface area contributed by atoms with E-state index in [9.17, 15) is 0 Å². The van der Waals surface area contributed by atoms with Gasteiger partial charge in [0, 0.05) is 18.1 Å². The van der Waals surface area contributed by atoms with Crippen LogP contribution in [0.2, 0.25) is 0 Å². The number of hydrogen-bond donors (Lipinski definition) is 0. The van der Waals surface area contributed by atoms with E-state index in [1.54, 1.807) is 0 Å². The molecule has 0 aromatic rings. The van der Waals surface area contributed by atoms with E-state index in [-0.39, 0.29) is 11.0 Å². The molecule has 0 rings (SSSR count). The summed E-state index contributed by atoms with van der Waals surface area (Å²) in [6, 6.07) is 2.22. The van der Waals surface area contributed by atoms with Crippen molar-refractivity contribution < 1.29 is 0 Å². The van der Waals surface area contributed by atoms with Gasteiger partial charge in [0.1, 0.15) is 0 Å². The Morgan fingerprint density at radius 1 is 1.20 bits per heavy atom. The highest BCUT2D eigenvalue weighted by molar-refractivity contribution is 5.65. The van der Waals surface area contributed by atoms with Gasteiger partial charge in [0.2, 0.25) is 0 Å². The first kappa shape index (κ1) is 14.2. The van der Waals surface area contributed by atoms with Gasteiger partial charge in [-0.3, -0.25) is 4.99 Å². The molecular formula is C13H24N2. The standard InChI is InChI=1S/C13H24N2/c1-6-8-13(5,9-7-10-14)11-15-12(2,3)4/h11H,6-9H2,1-5H3. The molecule has 2 nitrogen and oxygen atoms in total. The van der Waals surface area contributed by atoms with E-state index in [4.69, 9.17) is 5.26 Å². The average Bonchev–Trinajstić information content (AvgIpc) is 2.12. The van der Waals surface area contributed by atoms with Crippen molar-refractivity contribution in [1.29, 1.82) is 5.26 Å². The third-order valence-corrected chi connectivity index (χ3v) is 2.39. The van der Waals surface area contributed by atoms with Crippen LogP contribution in [0, 0.1) is 16.7 Å². The molecule has 0 aliphatic heterocycles. The predicted octanol–water partition coefficient (Wildman–Crippen LogP) is 3.97. The first-order valence-corrected chi connectivity index (χ1v) is 5.76. The van der Waals surface area contributed by atoms with Gasteiger partial charge in [-0.1, -0.05) is 20.3 Å². The molecule has 0 heterocycles. The molecule has 0 N–H and O–H groups in total. The summed E-state index contributed by atoms with van der Waals surface area (Å²) in [5, 5.41) is 8.63. The summed E-state index contributed by atoms with van der Waals surface area (Å²) in [6.07, 6.45) is 5.84. The molecule has 0 aromatic heterocycles. The van der Waals surface area contributed by atoms with Crippen LogP contribution in [0.4, 0.5) is 0 Å². The van der Waals surface area contributed by atoms with Crippen LogP contribution in [-0.2, 0) is 0 Å². The summed E-state index contributed by atoms with van der Waals surface area (Å²) in [7, 11) is 0. The number of nitrogens with zero attached hydrogens (tertiary/aromatic N) is 2. The highest BCUT2D eigenvalue weighted by atomic mass is 14.8. The second-order valence-electron chi connectivity index (χ2n) is 5.49. The molecule has 0 fully saturated rings. The van der Waals surface area contributed by atoms with Crippen LogP contribution in [0.3, 0.4) is 0 Å². The lowest BCUT2D eigenvalue weighted by molar-refractivity contribution is 0.398. The Balaban J connectivity index is 4.51. The molecule has 0 saturated carbocycles. The van der Waals surface area contributed by atoms with Crippen LogP contribution in [0.25, 0.3) is 0 Å². The number of aliphatic imine (C=N–C) groups is 1. The zero-order valence-electron chi connectivity index (χ0n) is 10.8. The Morgan fingerprint density at radius 3 is 2.20 bits per heavy atom. The van der Waals surface area contributed by atoms with E-state index < -0.39 is 0 Å². The molecule has 0 radical (unpaired) electrons. The van der Waals surface area contributed by atoms with Crippen LogP contribution in [0.1, 0.15) is 60.3 Å². The van der Waals surface area contributed by atoms with E-state index >= 15 is 0 Å². The molecule has 0 aliphatic rings. The largest absolute Gasteiger partial charge is 0.291 e. The molecule has 0 saturated heterocycles. The van der Waals surface area contributed by atoms with Crippen LogP contribution in [0.5, 0.6) is 0 Å². The first-order valence-electron chi connectivity index (χ1n) is 5.76. The zero-order chi connectivity index (χ0) is 11.9. The molecule has 0 spiro atoms. The van der Waals surface area contributed by atoms with E-state index in [0.29, 0.717) is 6.42 Å². The summed E-state index contributed by atoms with van der Waals surface area (Å²) in [4.78, 5) is 4.57. The van der Waals surface area contributed by atoms with E-state index in [0.717, 1.165) is 19.3 Å². The third-order valence-electron chi connectivity index (χ3n) is 2.39. The van der Waals surface area contributed by atoms with E-state index in [2.05, 4.69) is 51.9 Å². The maximum Gasteiger partial charge on any atom is 0.0622 e. The molecule has 2 heteroatoms. The lowest BCUT2D eigenvalue weighted by Gasteiger charge is -2.25. The first-order chi connectivity index (χ1) is 6.83. The minimum Gasteiger partial charge on any atom is -0.291 e.